The number of benzene rings is 2. The number of hydrogen-bond acceptors (Lipinski definition) is 4. The zero-order valence-electron chi connectivity index (χ0n) is 16.4. The first-order valence-corrected chi connectivity index (χ1v) is 11.6. The van der Waals surface area contributed by atoms with E-state index in [1.807, 2.05) is 6.92 Å². The summed E-state index contributed by atoms with van der Waals surface area (Å²) in [5.41, 5.74) is 1.33. The predicted octanol–water partition coefficient (Wildman–Crippen LogP) is 3.47. The van der Waals surface area contributed by atoms with Crippen LogP contribution in [0.1, 0.15) is 30.1 Å². The Morgan fingerprint density at radius 1 is 1.07 bits per heavy atom. The third-order valence-corrected chi connectivity index (χ3v) is 7.19. The first kappa shape index (κ1) is 21.3. The van der Waals surface area contributed by atoms with Gasteiger partial charge >= 0.3 is 5.69 Å². The second-order valence-electron chi connectivity index (χ2n) is 6.87. The highest BCUT2D eigenvalue weighted by Gasteiger charge is 2.23. The van der Waals surface area contributed by atoms with E-state index < -0.39 is 15.7 Å². The molecule has 0 bridgehead atoms. The molecule has 3 aromatic rings. The van der Waals surface area contributed by atoms with Crippen LogP contribution in [-0.2, 0) is 23.9 Å². The van der Waals surface area contributed by atoms with E-state index in [1.54, 1.807) is 44.4 Å². The van der Waals surface area contributed by atoms with Crippen molar-refractivity contribution in [2.75, 3.05) is 11.1 Å². The van der Waals surface area contributed by atoms with E-state index in [0.29, 0.717) is 23.0 Å². The Labute approximate surface area is 177 Å². The molecule has 0 radical (unpaired) electrons. The van der Waals surface area contributed by atoms with Crippen LogP contribution in [0, 0.1) is 0 Å². The topological polar surface area (TPSA) is 90.2 Å². The third-order valence-electron chi connectivity index (χ3n) is 4.83. The monoisotopic (exact) mass is 479 g/mol. The quantitative estimate of drug-likeness (QED) is 0.585. The maximum atomic E-state index is 13.0. The number of aromatic nitrogens is 2. The molecular weight excluding hydrogens is 458 g/mol. The minimum absolute atomic E-state index is 0.0186. The molecule has 1 heterocycles. The van der Waals surface area contributed by atoms with Gasteiger partial charge in [0.2, 0.25) is 0 Å². The molecule has 3 rings (SSSR count). The average Bonchev–Trinajstić information content (AvgIpc) is 2.90. The lowest BCUT2D eigenvalue weighted by atomic mass is 10.2. The Morgan fingerprint density at radius 2 is 1.66 bits per heavy atom. The summed E-state index contributed by atoms with van der Waals surface area (Å²) < 4.78 is 29.6. The van der Waals surface area contributed by atoms with E-state index in [4.69, 9.17) is 0 Å². The highest BCUT2D eigenvalue weighted by atomic mass is 79.9. The SMILES string of the molecule is CCCCS(=O)(=O)c1cc2c(cc1NC(=O)c1ccc(Br)cc1)n(C)c(=O)n2C. The Morgan fingerprint density at radius 3 is 2.24 bits per heavy atom. The Balaban J connectivity index is 2.16. The minimum atomic E-state index is -3.65. The van der Waals surface area contributed by atoms with Gasteiger partial charge in [0, 0.05) is 24.1 Å². The lowest BCUT2D eigenvalue weighted by Crippen LogP contribution is -2.19. The van der Waals surface area contributed by atoms with Gasteiger partial charge in [0.05, 0.1) is 27.4 Å². The fourth-order valence-corrected chi connectivity index (χ4v) is 5.01. The van der Waals surface area contributed by atoms with Gasteiger partial charge in [-0.25, -0.2) is 13.2 Å². The Kier molecular flexibility index (Phi) is 6.00. The van der Waals surface area contributed by atoms with Crippen molar-refractivity contribution in [3.63, 3.8) is 0 Å². The van der Waals surface area contributed by atoms with Gasteiger partial charge in [0.15, 0.2) is 9.84 Å². The maximum absolute atomic E-state index is 13.0. The minimum Gasteiger partial charge on any atom is -0.321 e. The van der Waals surface area contributed by atoms with E-state index in [2.05, 4.69) is 21.2 Å². The van der Waals surface area contributed by atoms with Crippen LogP contribution in [0.15, 0.2) is 50.6 Å². The van der Waals surface area contributed by atoms with Crippen molar-refractivity contribution >= 4 is 48.4 Å². The molecule has 1 amide bonds. The normalized spacial score (nSPS) is 11.7. The number of rotatable bonds is 6. The van der Waals surface area contributed by atoms with Crippen LogP contribution in [0.2, 0.25) is 0 Å². The summed E-state index contributed by atoms with van der Waals surface area (Å²) >= 11 is 3.32. The molecule has 1 N–H and O–H groups in total. The summed E-state index contributed by atoms with van der Waals surface area (Å²) in [7, 11) is -0.448. The van der Waals surface area contributed by atoms with Crippen molar-refractivity contribution in [3.8, 4) is 0 Å². The highest BCUT2D eigenvalue weighted by molar-refractivity contribution is 9.10. The van der Waals surface area contributed by atoms with Crippen molar-refractivity contribution in [2.24, 2.45) is 14.1 Å². The van der Waals surface area contributed by atoms with Crippen molar-refractivity contribution < 1.29 is 13.2 Å². The van der Waals surface area contributed by atoms with Crippen LogP contribution in [0.3, 0.4) is 0 Å². The number of anilines is 1. The van der Waals surface area contributed by atoms with Crippen molar-refractivity contribution in [2.45, 2.75) is 24.7 Å². The highest BCUT2D eigenvalue weighted by Crippen LogP contribution is 2.29. The first-order valence-electron chi connectivity index (χ1n) is 9.15. The first-order chi connectivity index (χ1) is 13.7. The van der Waals surface area contributed by atoms with Crippen LogP contribution in [0.5, 0.6) is 0 Å². The summed E-state index contributed by atoms with van der Waals surface area (Å²) in [6.07, 6.45) is 1.24. The van der Waals surface area contributed by atoms with Crippen molar-refractivity contribution in [1.82, 2.24) is 9.13 Å². The van der Waals surface area contributed by atoms with E-state index in [1.165, 1.54) is 15.2 Å². The van der Waals surface area contributed by atoms with Crippen LogP contribution in [-0.4, -0.2) is 29.2 Å². The van der Waals surface area contributed by atoms with E-state index >= 15 is 0 Å². The van der Waals surface area contributed by atoms with Gasteiger partial charge < -0.3 is 5.32 Å². The molecule has 0 saturated carbocycles. The average molecular weight is 480 g/mol. The number of unbranched alkanes of at least 4 members (excludes halogenated alkanes) is 1. The van der Waals surface area contributed by atoms with Gasteiger partial charge in [-0.3, -0.25) is 13.9 Å². The van der Waals surface area contributed by atoms with Crippen LogP contribution >= 0.6 is 15.9 Å². The number of amides is 1. The number of halogens is 1. The Hall–Kier alpha value is -2.39. The summed E-state index contributed by atoms with van der Waals surface area (Å²) in [6, 6.07) is 9.77. The fraction of sp³-hybridized carbons (Fsp3) is 0.300. The molecule has 154 valence electrons. The number of sulfone groups is 1. The molecule has 0 saturated heterocycles. The number of nitrogens with zero attached hydrogens (tertiary/aromatic N) is 2. The molecule has 0 spiro atoms. The van der Waals surface area contributed by atoms with Crippen molar-refractivity contribution in [1.29, 1.82) is 0 Å². The number of carbonyl (C=O) groups excluding carboxylic acids is 1. The zero-order chi connectivity index (χ0) is 21.3. The summed E-state index contributed by atoms with van der Waals surface area (Å²) in [5, 5.41) is 2.72. The van der Waals surface area contributed by atoms with Gasteiger partial charge in [0.1, 0.15) is 0 Å². The summed E-state index contributed by atoms with van der Waals surface area (Å²) in [6.45, 7) is 1.91. The van der Waals surface area contributed by atoms with Gasteiger partial charge in [-0.1, -0.05) is 29.3 Å². The van der Waals surface area contributed by atoms with Crippen molar-refractivity contribution in [3.05, 3.63) is 56.9 Å². The Bertz CT molecular complexity index is 1240. The molecule has 2 aromatic carbocycles. The van der Waals surface area contributed by atoms with E-state index in [-0.39, 0.29) is 22.0 Å². The number of nitrogens with one attached hydrogen (secondary N) is 1. The molecule has 0 unspecified atom stereocenters. The lowest BCUT2D eigenvalue weighted by molar-refractivity contribution is 0.102. The van der Waals surface area contributed by atoms with E-state index in [9.17, 15) is 18.0 Å². The molecule has 0 atom stereocenters. The predicted molar refractivity (Wildman–Crippen MR) is 117 cm³/mol. The summed E-state index contributed by atoms with van der Waals surface area (Å²) in [5.74, 6) is -0.457. The number of hydrogen-bond donors (Lipinski definition) is 1. The largest absolute Gasteiger partial charge is 0.328 e. The smallest absolute Gasteiger partial charge is 0.321 e. The van der Waals surface area contributed by atoms with Gasteiger partial charge in [-0.15, -0.1) is 0 Å². The molecule has 29 heavy (non-hydrogen) atoms. The standard InChI is InChI=1S/C20H22BrN3O4S/c1-4-5-10-29(27,28)18-12-17-16(23(2)20(26)24(17)3)11-15(18)22-19(25)13-6-8-14(21)9-7-13/h6-9,11-12H,4-5,10H2,1-3H3,(H,22,25). The second-order valence-corrected chi connectivity index (χ2v) is 9.86. The molecule has 7 nitrogen and oxygen atoms in total. The van der Waals surface area contributed by atoms with Gasteiger partial charge in [-0.2, -0.15) is 0 Å². The zero-order valence-corrected chi connectivity index (χ0v) is 18.8. The number of imidazole rings is 1. The molecule has 0 aliphatic rings. The third kappa shape index (κ3) is 4.16. The molecule has 0 aliphatic carbocycles. The molecule has 0 fully saturated rings. The molecule has 0 aliphatic heterocycles. The molecule has 9 heteroatoms. The number of fused-ring (bicyclic) bond motifs is 1. The van der Waals surface area contributed by atoms with Gasteiger partial charge in [-0.05, 0) is 42.8 Å². The second kappa shape index (κ2) is 8.16. The maximum Gasteiger partial charge on any atom is 0.328 e. The van der Waals surface area contributed by atoms with Crippen LogP contribution < -0.4 is 11.0 Å². The van der Waals surface area contributed by atoms with E-state index in [0.717, 1.165) is 10.9 Å². The number of carbonyl (C=O) groups is 1. The summed E-state index contributed by atoms with van der Waals surface area (Å²) in [4.78, 5) is 25.0. The number of aryl methyl sites for hydroxylation is 2. The fourth-order valence-electron chi connectivity index (χ4n) is 3.12. The van der Waals surface area contributed by atoms with Gasteiger partial charge in [0.25, 0.3) is 5.91 Å². The molecular formula is C20H22BrN3O4S. The van der Waals surface area contributed by atoms with Crippen LogP contribution in [0.4, 0.5) is 5.69 Å². The lowest BCUT2D eigenvalue weighted by Gasteiger charge is -2.13. The molecule has 1 aromatic heterocycles. The van der Waals surface area contributed by atoms with Crippen LogP contribution in [0.25, 0.3) is 11.0 Å².